The van der Waals surface area contributed by atoms with Crippen LogP contribution < -0.4 is 4.74 Å². The molecular weight excluding hydrogens is 352 g/mol. The van der Waals surface area contributed by atoms with Gasteiger partial charge in [0.05, 0.1) is 31.0 Å². The molecule has 0 unspecified atom stereocenters. The Hall–Kier alpha value is -2.01. The van der Waals surface area contributed by atoms with Crippen molar-refractivity contribution in [2.45, 2.75) is 47.1 Å². The molecule has 5 nitrogen and oxygen atoms in total. The third kappa shape index (κ3) is 5.01. The van der Waals surface area contributed by atoms with Crippen LogP contribution in [0.5, 0.6) is 5.75 Å². The van der Waals surface area contributed by atoms with Crippen LogP contribution in [0, 0.1) is 5.92 Å². The predicted octanol–water partition coefficient (Wildman–Crippen LogP) is 4.75. The smallest absolute Gasteiger partial charge is 0.337 e. The fourth-order valence-corrected chi connectivity index (χ4v) is 3.32. The van der Waals surface area contributed by atoms with E-state index in [-0.39, 0.29) is 0 Å². The Morgan fingerprint density at radius 2 is 2.04 bits per heavy atom. The highest BCUT2D eigenvalue weighted by molar-refractivity contribution is 6.30. The van der Waals surface area contributed by atoms with Crippen LogP contribution in [0.1, 0.15) is 46.1 Å². The zero-order valence-electron chi connectivity index (χ0n) is 15.9. The van der Waals surface area contributed by atoms with Gasteiger partial charge in [0.25, 0.3) is 0 Å². The number of carbonyl (C=O) groups is 1. The monoisotopic (exact) mass is 378 g/mol. The second-order valence-corrected chi connectivity index (χ2v) is 7.15. The predicted molar refractivity (Wildman–Crippen MR) is 105 cm³/mol. The van der Waals surface area contributed by atoms with Crippen LogP contribution in [-0.4, -0.2) is 34.9 Å². The molecule has 1 N–H and O–H groups in total. The molecular formula is C20H27ClN2O3. The molecule has 0 aromatic heterocycles. The second-order valence-electron chi connectivity index (χ2n) is 6.71. The normalized spacial score (nSPS) is 14.7. The van der Waals surface area contributed by atoms with E-state index in [1.165, 1.54) is 0 Å². The number of benzene rings is 1. The van der Waals surface area contributed by atoms with Gasteiger partial charge in [0.1, 0.15) is 5.75 Å². The first kappa shape index (κ1) is 20.3. The number of nitrogens with zero attached hydrogens (tertiary/aromatic N) is 2. The number of hydrogen-bond donors (Lipinski definition) is 1. The highest BCUT2D eigenvalue weighted by atomic mass is 35.5. The van der Waals surface area contributed by atoms with Crippen molar-refractivity contribution in [1.29, 1.82) is 0 Å². The third-order valence-corrected chi connectivity index (χ3v) is 4.95. The average Bonchev–Trinajstić information content (AvgIpc) is 2.56. The zero-order chi connectivity index (χ0) is 19.3. The molecule has 0 atom stereocenters. The maximum atomic E-state index is 11.4. The SMILES string of the molecule is CCC(CC)COc1ccc(Cl)cc1CN1CC(C)=C(C(=O)O)C(C)=N1. The first-order chi connectivity index (χ1) is 12.3. The molecule has 26 heavy (non-hydrogen) atoms. The minimum absolute atomic E-state index is 0.303. The Morgan fingerprint density at radius 1 is 1.35 bits per heavy atom. The summed E-state index contributed by atoms with van der Waals surface area (Å²) in [7, 11) is 0. The number of hydrazone groups is 1. The summed E-state index contributed by atoms with van der Waals surface area (Å²) in [4.78, 5) is 11.4. The van der Waals surface area contributed by atoms with Crippen molar-refractivity contribution >= 4 is 23.3 Å². The highest BCUT2D eigenvalue weighted by Crippen LogP contribution is 2.27. The zero-order valence-corrected chi connectivity index (χ0v) is 16.6. The number of carboxylic acids is 1. The number of hydrogen-bond acceptors (Lipinski definition) is 4. The lowest BCUT2D eigenvalue weighted by atomic mass is 10.0. The Bertz CT molecular complexity index is 724. The summed E-state index contributed by atoms with van der Waals surface area (Å²) in [5.41, 5.74) is 2.57. The number of carboxylic acid groups (broad SMARTS) is 1. The third-order valence-electron chi connectivity index (χ3n) is 4.72. The Labute approximate surface area is 160 Å². The maximum absolute atomic E-state index is 11.4. The first-order valence-electron chi connectivity index (χ1n) is 9.00. The van der Waals surface area contributed by atoms with E-state index in [1.807, 2.05) is 30.1 Å². The van der Waals surface area contributed by atoms with Gasteiger partial charge in [-0.3, -0.25) is 5.01 Å². The van der Waals surface area contributed by atoms with Crippen molar-refractivity contribution in [3.05, 3.63) is 39.9 Å². The van der Waals surface area contributed by atoms with E-state index < -0.39 is 5.97 Å². The molecule has 0 spiro atoms. The van der Waals surface area contributed by atoms with Crippen LogP contribution >= 0.6 is 11.6 Å². The summed E-state index contributed by atoms with van der Waals surface area (Å²) in [6.07, 6.45) is 2.16. The van der Waals surface area contributed by atoms with E-state index in [0.717, 1.165) is 29.7 Å². The van der Waals surface area contributed by atoms with Gasteiger partial charge in [-0.25, -0.2) is 4.79 Å². The van der Waals surface area contributed by atoms with E-state index in [9.17, 15) is 9.90 Å². The van der Waals surface area contributed by atoms with E-state index >= 15 is 0 Å². The molecule has 1 aliphatic rings. The van der Waals surface area contributed by atoms with Crippen molar-refractivity contribution in [3.63, 3.8) is 0 Å². The average molecular weight is 379 g/mol. The summed E-state index contributed by atoms with van der Waals surface area (Å²) in [6.45, 7) is 9.55. The van der Waals surface area contributed by atoms with E-state index in [1.54, 1.807) is 6.92 Å². The minimum Gasteiger partial charge on any atom is -0.493 e. The largest absolute Gasteiger partial charge is 0.493 e. The van der Waals surface area contributed by atoms with Gasteiger partial charge in [0.15, 0.2) is 0 Å². The minimum atomic E-state index is -0.930. The Morgan fingerprint density at radius 3 is 2.62 bits per heavy atom. The fourth-order valence-electron chi connectivity index (χ4n) is 3.13. The lowest BCUT2D eigenvalue weighted by Crippen LogP contribution is -2.29. The molecule has 1 aromatic carbocycles. The summed E-state index contributed by atoms with van der Waals surface area (Å²) in [6, 6.07) is 5.61. The van der Waals surface area contributed by atoms with Crippen LogP contribution in [0.25, 0.3) is 0 Å². The summed E-state index contributed by atoms with van der Waals surface area (Å²) in [5, 5.41) is 16.2. The molecule has 0 fully saturated rings. The van der Waals surface area contributed by atoms with Gasteiger partial charge in [0, 0.05) is 10.6 Å². The van der Waals surface area contributed by atoms with Gasteiger partial charge in [-0.05, 0) is 43.5 Å². The number of ether oxygens (including phenoxy) is 1. The summed E-state index contributed by atoms with van der Waals surface area (Å²) < 4.78 is 6.05. The van der Waals surface area contributed by atoms with Gasteiger partial charge in [-0.15, -0.1) is 0 Å². The molecule has 0 saturated carbocycles. The van der Waals surface area contributed by atoms with Crippen molar-refractivity contribution in [3.8, 4) is 5.75 Å². The quantitative estimate of drug-likeness (QED) is 0.709. The lowest BCUT2D eigenvalue weighted by Gasteiger charge is -2.27. The Kier molecular flexibility index (Phi) is 7.09. The van der Waals surface area contributed by atoms with Gasteiger partial charge in [0.2, 0.25) is 0 Å². The highest BCUT2D eigenvalue weighted by Gasteiger charge is 2.22. The number of aliphatic carboxylic acids is 1. The summed E-state index contributed by atoms with van der Waals surface area (Å²) >= 11 is 6.18. The van der Waals surface area contributed by atoms with E-state index in [0.29, 0.717) is 41.9 Å². The summed E-state index contributed by atoms with van der Waals surface area (Å²) in [5.74, 6) is 0.400. The fraction of sp³-hybridized carbons (Fsp3) is 0.500. The number of halogens is 1. The van der Waals surface area contributed by atoms with E-state index in [2.05, 4.69) is 18.9 Å². The van der Waals surface area contributed by atoms with Gasteiger partial charge in [-0.1, -0.05) is 38.3 Å². The van der Waals surface area contributed by atoms with Crippen LogP contribution in [0.4, 0.5) is 0 Å². The molecule has 6 heteroatoms. The topological polar surface area (TPSA) is 62.1 Å². The maximum Gasteiger partial charge on any atom is 0.337 e. The number of rotatable bonds is 8. The molecule has 0 bridgehead atoms. The van der Waals surface area contributed by atoms with E-state index in [4.69, 9.17) is 16.3 Å². The van der Waals surface area contributed by atoms with Crippen LogP contribution in [0.15, 0.2) is 34.4 Å². The molecule has 1 heterocycles. The standard InChI is InChI=1S/C20H27ClN2O3/c1-5-15(6-2)12-26-18-8-7-17(21)9-16(18)11-23-10-13(3)19(20(24)25)14(4)22-23/h7-9,15H,5-6,10-12H2,1-4H3,(H,24,25). The van der Waals surface area contributed by atoms with Crippen molar-refractivity contribution in [2.75, 3.05) is 13.2 Å². The molecule has 142 valence electrons. The van der Waals surface area contributed by atoms with Crippen molar-refractivity contribution in [1.82, 2.24) is 5.01 Å². The first-order valence-corrected chi connectivity index (χ1v) is 9.38. The Balaban J connectivity index is 2.17. The van der Waals surface area contributed by atoms with Crippen molar-refractivity contribution < 1.29 is 14.6 Å². The second kappa shape index (κ2) is 9.08. The van der Waals surface area contributed by atoms with Gasteiger partial charge >= 0.3 is 5.97 Å². The van der Waals surface area contributed by atoms with Crippen LogP contribution in [0.2, 0.25) is 5.02 Å². The van der Waals surface area contributed by atoms with Crippen LogP contribution in [0.3, 0.4) is 0 Å². The van der Waals surface area contributed by atoms with Gasteiger partial charge < -0.3 is 9.84 Å². The molecule has 0 amide bonds. The molecule has 0 radical (unpaired) electrons. The van der Waals surface area contributed by atoms with Crippen LogP contribution in [-0.2, 0) is 11.3 Å². The molecule has 1 aliphatic heterocycles. The molecule has 0 saturated heterocycles. The lowest BCUT2D eigenvalue weighted by molar-refractivity contribution is -0.132. The van der Waals surface area contributed by atoms with Crippen molar-refractivity contribution in [2.24, 2.45) is 11.0 Å². The molecule has 0 aliphatic carbocycles. The molecule has 1 aromatic rings. The molecule has 2 rings (SSSR count). The van der Waals surface area contributed by atoms with Gasteiger partial charge in [-0.2, -0.15) is 5.10 Å².